The molecule has 0 atom stereocenters. The van der Waals surface area contributed by atoms with Crippen LogP contribution in [0.4, 0.5) is 0 Å². The Balaban J connectivity index is 1.46. The highest BCUT2D eigenvalue weighted by Crippen LogP contribution is 2.29. The van der Waals surface area contributed by atoms with Crippen LogP contribution in [0.5, 0.6) is 0 Å². The van der Waals surface area contributed by atoms with Gasteiger partial charge in [-0.1, -0.05) is 30.3 Å². The second-order valence-electron chi connectivity index (χ2n) is 7.55. The second kappa shape index (κ2) is 7.62. The van der Waals surface area contributed by atoms with Crippen molar-refractivity contribution in [2.45, 2.75) is 45.6 Å². The third-order valence-corrected chi connectivity index (χ3v) is 5.62. The predicted octanol–water partition coefficient (Wildman–Crippen LogP) is 4.16. The summed E-state index contributed by atoms with van der Waals surface area (Å²) in [7, 11) is 0. The first-order valence-corrected chi connectivity index (χ1v) is 10.2. The average Bonchev–Trinajstić information content (AvgIpc) is 3.42. The molecule has 0 bridgehead atoms. The molecule has 3 aromatic heterocycles. The van der Waals surface area contributed by atoms with Crippen LogP contribution < -0.4 is 0 Å². The van der Waals surface area contributed by atoms with E-state index in [0.717, 1.165) is 60.1 Å². The lowest BCUT2D eigenvalue weighted by Crippen LogP contribution is -2.13. The van der Waals surface area contributed by atoms with Crippen molar-refractivity contribution in [3.63, 3.8) is 0 Å². The Labute approximate surface area is 170 Å². The molecule has 0 spiro atoms. The summed E-state index contributed by atoms with van der Waals surface area (Å²) in [6, 6.07) is 10.2. The number of fused-ring (bicyclic) bond motifs is 1. The minimum atomic E-state index is 0.758. The van der Waals surface area contributed by atoms with Crippen LogP contribution in [0.1, 0.15) is 35.6 Å². The lowest BCUT2D eigenvalue weighted by molar-refractivity contribution is 0.627. The van der Waals surface area contributed by atoms with Gasteiger partial charge in [0.05, 0.1) is 12.0 Å². The number of aromatic nitrogens is 6. The molecule has 4 aromatic rings. The van der Waals surface area contributed by atoms with Crippen molar-refractivity contribution in [2.24, 2.45) is 0 Å². The minimum Gasteiger partial charge on any atom is -0.343 e. The highest BCUT2D eigenvalue weighted by atomic mass is 15.1. The maximum Gasteiger partial charge on any atom is 0.156 e. The highest BCUT2D eigenvalue weighted by Gasteiger charge is 2.18. The highest BCUT2D eigenvalue weighted by molar-refractivity contribution is 5.75. The Morgan fingerprint density at radius 3 is 2.72 bits per heavy atom. The number of aromatic amines is 1. The van der Waals surface area contributed by atoms with Crippen LogP contribution in [0.25, 0.3) is 22.8 Å². The van der Waals surface area contributed by atoms with E-state index < -0.39 is 0 Å². The van der Waals surface area contributed by atoms with E-state index in [1.807, 2.05) is 30.7 Å². The summed E-state index contributed by atoms with van der Waals surface area (Å²) in [5.41, 5.74) is 6.77. The summed E-state index contributed by atoms with van der Waals surface area (Å²) < 4.78 is 2.15. The van der Waals surface area contributed by atoms with Gasteiger partial charge in [0.2, 0.25) is 0 Å². The van der Waals surface area contributed by atoms with Gasteiger partial charge in [-0.15, -0.1) is 0 Å². The SMILES string of the molecule is Cc1nc(CCn2cnc(-c3ccccc3)c2-c2ncc[nH]2)nc2c1CCCC2. The van der Waals surface area contributed by atoms with Crippen LogP contribution >= 0.6 is 0 Å². The monoisotopic (exact) mass is 384 g/mol. The molecule has 0 radical (unpaired) electrons. The number of hydrogen-bond donors (Lipinski definition) is 1. The van der Waals surface area contributed by atoms with Gasteiger partial charge in [-0.25, -0.2) is 19.9 Å². The van der Waals surface area contributed by atoms with E-state index >= 15 is 0 Å². The van der Waals surface area contributed by atoms with Crippen molar-refractivity contribution in [3.05, 3.63) is 71.8 Å². The summed E-state index contributed by atoms with van der Waals surface area (Å²) in [5, 5.41) is 0. The normalized spacial score (nSPS) is 13.4. The van der Waals surface area contributed by atoms with Gasteiger partial charge in [0.1, 0.15) is 11.5 Å². The molecule has 0 saturated carbocycles. The van der Waals surface area contributed by atoms with Crippen molar-refractivity contribution >= 4 is 0 Å². The first-order chi connectivity index (χ1) is 14.3. The van der Waals surface area contributed by atoms with Crippen molar-refractivity contribution in [2.75, 3.05) is 0 Å². The predicted molar refractivity (Wildman–Crippen MR) is 112 cm³/mol. The van der Waals surface area contributed by atoms with Gasteiger partial charge >= 0.3 is 0 Å². The first kappa shape index (κ1) is 17.8. The van der Waals surface area contributed by atoms with Crippen LogP contribution in [0, 0.1) is 6.92 Å². The number of H-pyrrole nitrogens is 1. The third-order valence-electron chi connectivity index (χ3n) is 5.62. The molecule has 1 aliphatic rings. The molecule has 3 heterocycles. The average molecular weight is 384 g/mol. The van der Waals surface area contributed by atoms with E-state index in [0.29, 0.717) is 0 Å². The smallest absolute Gasteiger partial charge is 0.156 e. The van der Waals surface area contributed by atoms with E-state index in [1.165, 1.54) is 24.1 Å². The summed E-state index contributed by atoms with van der Waals surface area (Å²) >= 11 is 0. The molecule has 0 saturated heterocycles. The Morgan fingerprint density at radius 2 is 1.90 bits per heavy atom. The molecule has 29 heavy (non-hydrogen) atoms. The van der Waals surface area contributed by atoms with E-state index in [4.69, 9.17) is 15.0 Å². The Kier molecular flexibility index (Phi) is 4.68. The quantitative estimate of drug-likeness (QED) is 0.561. The molecule has 0 aliphatic heterocycles. The Morgan fingerprint density at radius 1 is 1.03 bits per heavy atom. The molecule has 1 N–H and O–H groups in total. The van der Waals surface area contributed by atoms with Gasteiger partial charge in [-0.2, -0.15) is 0 Å². The van der Waals surface area contributed by atoms with Gasteiger partial charge in [-0.3, -0.25) is 0 Å². The summed E-state index contributed by atoms with van der Waals surface area (Å²) in [4.78, 5) is 22.1. The van der Waals surface area contributed by atoms with E-state index in [2.05, 4.69) is 33.6 Å². The van der Waals surface area contributed by atoms with Gasteiger partial charge in [-0.05, 0) is 38.2 Å². The number of hydrogen-bond acceptors (Lipinski definition) is 4. The number of aryl methyl sites for hydroxylation is 4. The molecule has 0 fully saturated rings. The molecular weight excluding hydrogens is 360 g/mol. The maximum absolute atomic E-state index is 4.88. The molecule has 146 valence electrons. The number of nitrogens with zero attached hydrogens (tertiary/aromatic N) is 5. The lowest BCUT2D eigenvalue weighted by Gasteiger charge is -2.17. The van der Waals surface area contributed by atoms with Crippen LogP contribution in [-0.2, 0) is 25.8 Å². The van der Waals surface area contributed by atoms with Crippen LogP contribution in [0.15, 0.2) is 49.1 Å². The molecular formula is C23H24N6. The summed E-state index contributed by atoms with van der Waals surface area (Å²) in [6.45, 7) is 2.88. The van der Waals surface area contributed by atoms with Gasteiger partial charge in [0.15, 0.2) is 5.82 Å². The topological polar surface area (TPSA) is 72.3 Å². The number of nitrogens with one attached hydrogen (secondary N) is 1. The molecule has 1 aromatic carbocycles. The molecule has 0 amide bonds. The van der Waals surface area contributed by atoms with Crippen LogP contribution in [-0.4, -0.2) is 29.5 Å². The standard InChI is InChI=1S/C23H24N6/c1-16-18-9-5-6-10-19(18)28-20(27-16)11-14-29-15-26-21(17-7-3-2-4-8-17)22(29)23-24-12-13-25-23/h2-4,7-8,12-13,15H,5-6,9-11,14H2,1H3,(H,24,25). The first-order valence-electron chi connectivity index (χ1n) is 10.2. The zero-order valence-corrected chi connectivity index (χ0v) is 16.6. The van der Waals surface area contributed by atoms with E-state index in [9.17, 15) is 0 Å². The molecule has 6 nitrogen and oxygen atoms in total. The fraction of sp³-hybridized carbons (Fsp3) is 0.304. The Hall–Kier alpha value is -3.28. The summed E-state index contributed by atoms with van der Waals surface area (Å²) in [5.74, 6) is 1.74. The number of imidazole rings is 2. The van der Waals surface area contributed by atoms with Gasteiger partial charge < -0.3 is 9.55 Å². The Bertz CT molecular complexity index is 1110. The largest absolute Gasteiger partial charge is 0.343 e. The van der Waals surface area contributed by atoms with Gasteiger partial charge in [0.25, 0.3) is 0 Å². The number of rotatable bonds is 5. The molecule has 5 rings (SSSR count). The van der Waals surface area contributed by atoms with Crippen LogP contribution in [0.3, 0.4) is 0 Å². The lowest BCUT2D eigenvalue weighted by atomic mass is 9.95. The molecule has 0 unspecified atom stereocenters. The van der Waals surface area contributed by atoms with Crippen molar-refractivity contribution < 1.29 is 0 Å². The second-order valence-corrected chi connectivity index (χ2v) is 7.55. The van der Waals surface area contributed by atoms with Crippen molar-refractivity contribution in [1.82, 2.24) is 29.5 Å². The zero-order valence-electron chi connectivity index (χ0n) is 16.6. The van der Waals surface area contributed by atoms with Gasteiger partial charge in [0, 0.05) is 42.3 Å². The maximum atomic E-state index is 4.88. The third kappa shape index (κ3) is 3.46. The number of benzene rings is 1. The molecule has 6 heteroatoms. The zero-order chi connectivity index (χ0) is 19.6. The summed E-state index contributed by atoms with van der Waals surface area (Å²) in [6.07, 6.45) is 11.0. The van der Waals surface area contributed by atoms with E-state index in [1.54, 1.807) is 6.20 Å². The fourth-order valence-electron chi connectivity index (χ4n) is 4.18. The van der Waals surface area contributed by atoms with Crippen molar-refractivity contribution in [3.8, 4) is 22.8 Å². The minimum absolute atomic E-state index is 0.758. The molecule has 1 aliphatic carbocycles. The fourth-order valence-corrected chi connectivity index (χ4v) is 4.18. The van der Waals surface area contributed by atoms with Crippen LogP contribution in [0.2, 0.25) is 0 Å². The van der Waals surface area contributed by atoms with Crippen molar-refractivity contribution in [1.29, 1.82) is 0 Å². The van der Waals surface area contributed by atoms with E-state index in [-0.39, 0.29) is 0 Å².